The predicted octanol–water partition coefficient (Wildman–Crippen LogP) is 3.96. The van der Waals surface area contributed by atoms with E-state index in [1.165, 1.54) is 12.8 Å². The molecule has 3 heteroatoms. The molecule has 0 aromatic heterocycles. The van der Waals surface area contributed by atoms with Crippen molar-refractivity contribution in [1.82, 2.24) is 0 Å². The molecule has 1 saturated carbocycles. The molecule has 0 heterocycles. The highest BCUT2D eigenvalue weighted by Gasteiger charge is 2.39. The third kappa shape index (κ3) is 6.80. The van der Waals surface area contributed by atoms with E-state index in [1.54, 1.807) is 0 Å². The fourth-order valence-corrected chi connectivity index (χ4v) is 3.57. The van der Waals surface area contributed by atoms with Crippen LogP contribution in [-0.2, 0) is 0 Å². The van der Waals surface area contributed by atoms with Crippen LogP contribution in [0.1, 0.15) is 84.0 Å². The Bertz CT molecular complexity index is 303. The van der Waals surface area contributed by atoms with E-state index in [9.17, 15) is 10.2 Å². The molecule has 1 aliphatic carbocycles. The van der Waals surface area contributed by atoms with Gasteiger partial charge in [-0.25, -0.2) is 0 Å². The van der Waals surface area contributed by atoms with Gasteiger partial charge < -0.3 is 15.3 Å². The molecule has 130 valence electrons. The Morgan fingerprint density at radius 1 is 1.14 bits per heavy atom. The average molecular weight is 312 g/mol. The van der Waals surface area contributed by atoms with Crippen LogP contribution in [0.3, 0.4) is 0 Å². The fourth-order valence-electron chi connectivity index (χ4n) is 3.57. The summed E-state index contributed by atoms with van der Waals surface area (Å²) < 4.78 is 0. The molecule has 1 aliphatic rings. The zero-order valence-electron chi connectivity index (χ0n) is 14.3. The molecule has 3 nitrogen and oxygen atoms in total. The van der Waals surface area contributed by atoms with Gasteiger partial charge in [-0.15, -0.1) is 0 Å². The monoisotopic (exact) mass is 312 g/mol. The van der Waals surface area contributed by atoms with Gasteiger partial charge >= 0.3 is 0 Å². The molecule has 1 unspecified atom stereocenters. The molecule has 0 aliphatic heterocycles. The van der Waals surface area contributed by atoms with Crippen LogP contribution in [0.2, 0.25) is 0 Å². The Labute approximate surface area is 136 Å². The van der Waals surface area contributed by atoms with E-state index in [1.807, 2.05) is 6.08 Å². The summed E-state index contributed by atoms with van der Waals surface area (Å²) in [5.41, 5.74) is -0.120. The van der Waals surface area contributed by atoms with Crippen molar-refractivity contribution in [2.24, 2.45) is 5.41 Å². The molecular formula is C19H36O3. The van der Waals surface area contributed by atoms with E-state index in [0.29, 0.717) is 0 Å². The van der Waals surface area contributed by atoms with Crippen LogP contribution in [0.5, 0.6) is 0 Å². The molecular weight excluding hydrogens is 276 g/mol. The lowest BCUT2D eigenvalue weighted by Crippen LogP contribution is -2.28. The van der Waals surface area contributed by atoms with Gasteiger partial charge in [0.05, 0.1) is 12.2 Å². The molecule has 0 aromatic rings. The third-order valence-electron chi connectivity index (χ3n) is 5.09. The Morgan fingerprint density at radius 3 is 2.55 bits per heavy atom. The van der Waals surface area contributed by atoms with Gasteiger partial charge in [0.2, 0.25) is 0 Å². The molecule has 1 fully saturated rings. The zero-order chi connectivity index (χ0) is 16.3. The summed E-state index contributed by atoms with van der Waals surface area (Å²) in [5.74, 6) is 0. The topological polar surface area (TPSA) is 60.7 Å². The van der Waals surface area contributed by atoms with Crippen LogP contribution in [-0.4, -0.2) is 34.1 Å². The van der Waals surface area contributed by atoms with Crippen molar-refractivity contribution in [3.63, 3.8) is 0 Å². The zero-order valence-corrected chi connectivity index (χ0v) is 14.3. The van der Waals surface area contributed by atoms with Gasteiger partial charge in [0.1, 0.15) is 0 Å². The predicted molar refractivity (Wildman–Crippen MR) is 91.8 cm³/mol. The Balaban J connectivity index is 2.45. The number of aliphatic hydroxyl groups excluding tert-OH is 3. The lowest BCUT2D eigenvalue weighted by atomic mass is 9.78. The maximum Gasteiger partial charge on any atom is 0.0721 e. The number of hydrogen-bond donors (Lipinski definition) is 3. The first-order valence-corrected chi connectivity index (χ1v) is 9.31. The molecule has 3 atom stereocenters. The first-order valence-electron chi connectivity index (χ1n) is 9.31. The normalized spacial score (nSPS) is 26.8. The fraction of sp³-hybridized carbons (Fsp3) is 0.895. The standard InChI is InChI=1S/C19H36O3/c1-2-3-6-10-17(21)12-15-19(14-9-11-18(19)22)13-7-4-5-8-16-20/h12,15,17-18,20-22H,2-11,13-14,16H2,1H3/b15-12+/t17?,18-,19-/m1/s1. The van der Waals surface area contributed by atoms with Crippen molar-refractivity contribution in [3.8, 4) is 0 Å². The smallest absolute Gasteiger partial charge is 0.0721 e. The first kappa shape index (κ1) is 19.7. The molecule has 1 rings (SSSR count). The summed E-state index contributed by atoms with van der Waals surface area (Å²) in [6, 6.07) is 0. The molecule has 0 bridgehead atoms. The van der Waals surface area contributed by atoms with Gasteiger partial charge in [0, 0.05) is 12.0 Å². The van der Waals surface area contributed by atoms with Crippen LogP contribution in [0.4, 0.5) is 0 Å². The second-order valence-electron chi connectivity index (χ2n) is 6.95. The van der Waals surface area contributed by atoms with E-state index in [0.717, 1.165) is 64.2 Å². The van der Waals surface area contributed by atoms with Crippen molar-refractivity contribution in [2.75, 3.05) is 6.61 Å². The molecule has 0 radical (unpaired) electrons. The van der Waals surface area contributed by atoms with Crippen LogP contribution < -0.4 is 0 Å². The van der Waals surface area contributed by atoms with Crippen LogP contribution in [0.15, 0.2) is 12.2 Å². The van der Waals surface area contributed by atoms with Gasteiger partial charge in [-0.05, 0) is 38.5 Å². The van der Waals surface area contributed by atoms with Gasteiger partial charge in [0.25, 0.3) is 0 Å². The maximum atomic E-state index is 10.4. The van der Waals surface area contributed by atoms with Crippen LogP contribution >= 0.6 is 0 Å². The second-order valence-corrected chi connectivity index (χ2v) is 6.95. The van der Waals surface area contributed by atoms with Gasteiger partial charge in [-0.3, -0.25) is 0 Å². The second kappa shape index (κ2) is 11.2. The molecule has 0 amide bonds. The van der Waals surface area contributed by atoms with Crippen molar-refractivity contribution in [3.05, 3.63) is 12.2 Å². The van der Waals surface area contributed by atoms with Crippen LogP contribution in [0.25, 0.3) is 0 Å². The lowest BCUT2D eigenvalue weighted by molar-refractivity contribution is 0.0772. The van der Waals surface area contributed by atoms with E-state index in [2.05, 4.69) is 13.0 Å². The minimum atomic E-state index is -0.370. The minimum Gasteiger partial charge on any atom is -0.396 e. The average Bonchev–Trinajstić information content (AvgIpc) is 2.87. The van der Waals surface area contributed by atoms with Gasteiger partial charge in [-0.1, -0.05) is 57.6 Å². The quantitative estimate of drug-likeness (QED) is 0.377. The maximum absolute atomic E-state index is 10.4. The SMILES string of the molecule is CCCCCC(O)/C=C/[C@@]1(CCCCCCO)CCC[C@H]1O. The molecule has 0 saturated heterocycles. The largest absolute Gasteiger partial charge is 0.396 e. The highest BCUT2D eigenvalue weighted by atomic mass is 16.3. The third-order valence-corrected chi connectivity index (χ3v) is 5.09. The lowest BCUT2D eigenvalue weighted by Gasteiger charge is -2.30. The Morgan fingerprint density at radius 2 is 1.91 bits per heavy atom. The first-order chi connectivity index (χ1) is 10.6. The Kier molecular flexibility index (Phi) is 10.0. The Hall–Kier alpha value is -0.380. The summed E-state index contributed by atoms with van der Waals surface area (Å²) in [6.45, 7) is 2.44. The van der Waals surface area contributed by atoms with E-state index in [-0.39, 0.29) is 24.2 Å². The summed E-state index contributed by atoms with van der Waals surface area (Å²) in [7, 11) is 0. The molecule has 0 aromatic carbocycles. The van der Waals surface area contributed by atoms with Gasteiger partial charge in [-0.2, -0.15) is 0 Å². The van der Waals surface area contributed by atoms with E-state index >= 15 is 0 Å². The molecule has 3 N–H and O–H groups in total. The van der Waals surface area contributed by atoms with Crippen molar-refractivity contribution in [2.45, 2.75) is 96.2 Å². The number of unbranched alkanes of at least 4 members (excludes halogenated alkanes) is 5. The number of rotatable bonds is 12. The summed E-state index contributed by atoms with van der Waals surface area (Å²) in [6.07, 6.45) is 15.8. The minimum absolute atomic E-state index is 0.120. The molecule has 22 heavy (non-hydrogen) atoms. The summed E-state index contributed by atoms with van der Waals surface area (Å²) in [5, 5.41) is 29.3. The molecule has 0 spiro atoms. The van der Waals surface area contributed by atoms with Crippen molar-refractivity contribution >= 4 is 0 Å². The van der Waals surface area contributed by atoms with Crippen molar-refractivity contribution < 1.29 is 15.3 Å². The van der Waals surface area contributed by atoms with Crippen LogP contribution in [0, 0.1) is 5.41 Å². The number of hydrogen-bond acceptors (Lipinski definition) is 3. The number of aliphatic hydroxyl groups is 3. The highest BCUT2D eigenvalue weighted by Crippen LogP contribution is 2.44. The van der Waals surface area contributed by atoms with E-state index in [4.69, 9.17) is 5.11 Å². The summed E-state index contributed by atoms with van der Waals surface area (Å²) in [4.78, 5) is 0. The highest BCUT2D eigenvalue weighted by molar-refractivity contribution is 5.08. The summed E-state index contributed by atoms with van der Waals surface area (Å²) >= 11 is 0. The van der Waals surface area contributed by atoms with E-state index < -0.39 is 0 Å². The van der Waals surface area contributed by atoms with Gasteiger partial charge in [0.15, 0.2) is 0 Å². The van der Waals surface area contributed by atoms with Crippen molar-refractivity contribution in [1.29, 1.82) is 0 Å².